The van der Waals surface area contributed by atoms with Crippen molar-refractivity contribution in [3.05, 3.63) is 17.7 Å². The summed E-state index contributed by atoms with van der Waals surface area (Å²) in [6, 6.07) is 3.63. The van der Waals surface area contributed by atoms with Gasteiger partial charge in [-0.25, -0.2) is 0 Å². The number of rotatable bonds is 8. The van der Waals surface area contributed by atoms with Gasteiger partial charge in [0.05, 0.1) is 26.9 Å². The summed E-state index contributed by atoms with van der Waals surface area (Å²) in [4.78, 5) is 0. The molecule has 0 bridgehead atoms. The van der Waals surface area contributed by atoms with Crippen LogP contribution in [0.25, 0.3) is 0 Å². The van der Waals surface area contributed by atoms with Crippen molar-refractivity contribution < 1.29 is 18.4 Å². The Labute approximate surface area is 116 Å². The smallest absolute Gasteiger partial charge is 0.130 e. The normalized spacial score (nSPS) is 12.0. The highest BCUT2D eigenvalue weighted by molar-refractivity contribution is 7.84. The van der Waals surface area contributed by atoms with E-state index in [1.165, 1.54) is 0 Å². The minimum Gasteiger partial charge on any atom is -0.496 e. The lowest BCUT2D eigenvalue weighted by molar-refractivity contribution is 0.367. The van der Waals surface area contributed by atoms with Crippen molar-refractivity contribution in [1.82, 2.24) is 5.32 Å². The van der Waals surface area contributed by atoms with E-state index < -0.39 is 10.8 Å². The number of hydrogen-bond donors (Lipinski definition) is 1. The second-order valence-electron chi connectivity index (χ2n) is 3.96. The van der Waals surface area contributed by atoms with Crippen LogP contribution in [0.15, 0.2) is 12.1 Å². The largest absolute Gasteiger partial charge is 0.496 e. The van der Waals surface area contributed by atoms with Crippen molar-refractivity contribution in [3.63, 3.8) is 0 Å². The fourth-order valence-corrected chi connectivity index (χ4v) is 2.11. The van der Waals surface area contributed by atoms with E-state index in [4.69, 9.17) is 14.2 Å². The fraction of sp³-hybridized carbons (Fsp3) is 0.538. The number of ether oxygens (including phenoxy) is 3. The van der Waals surface area contributed by atoms with Crippen LogP contribution in [0, 0.1) is 0 Å². The quantitative estimate of drug-likeness (QED) is 0.728. The van der Waals surface area contributed by atoms with Crippen molar-refractivity contribution in [1.29, 1.82) is 0 Å². The van der Waals surface area contributed by atoms with E-state index in [9.17, 15) is 4.21 Å². The van der Waals surface area contributed by atoms with Crippen LogP contribution in [0.3, 0.4) is 0 Å². The first-order chi connectivity index (χ1) is 9.12. The van der Waals surface area contributed by atoms with Crippen LogP contribution in [0.1, 0.15) is 5.56 Å². The van der Waals surface area contributed by atoms with Gasteiger partial charge in [0.25, 0.3) is 0 Å². The van der Waals surface area contributed by atoms with E-state index in [0.717, 1.165) is 5.56 Å². The van der Waals surface area contributed by atoms with Crippen LogP contribution in [-0.2, 0) is 17.3 Å². The van der Waals surface area contributed by atoms with Gasteiger partial charge < -0.3 is 19.5 Å². The van der Waals surface area contributed by atoms with E-state index in [1.54, 1.807) is 27.6 Å². The maximum Gasteiger partial charge on any atom is 0.130 e. The molecule has 0 spiro atoms. The number of nitrogens with one attached hydrogen (secondary N) is 1. The third-order valence-electron chi connectivity index (χ3n) is 2.69. The molecule has 19 heavy (non-hydrogen) atoms. The van der Waals surface area contributed by atoms with Crippen LogP contribution >= 0.6 is 0 Å². The minimum absolute atomic E-state index is 0.591. The number of hydrogen-bond acceptors (Lipinski definition) is 5. The first kappa shape index (κ1) is 15.8. The van der Waals surface area contributed by atoms with Crippen molar-refractivity contribution in [2.75, 3.05) is 39.9 Å². The average molecular weight is 287 g/mol. The third kappa shape index (κ3) is 4.72. The fourth-order valence-electron chi connectivity index (χ4n) is 1.68. The van der Waals surface area contributed by atoms with Gasteiger partial charge in [0.1, 0.15) is 17.2 Å². The number of methoxy groups -OCH3 is 3. The van der Waals surface area contributed by atoms with Crippen LogP contribution in [0.2, 0.25) is 0 Å². The van der Waals surface area contributed by atoms with E-state index >= 15 is 0 Å². The van der Waals surface area contributed by atoms with Gasteiger partial charge in [-0.3, -0.25) is 4.21 Å². The molecule has 0 aliphatic rings. The van der Waals surface area contributed by atoms with Crippen LogP contribution in [-0.4, -0.2) is 44.1 Å². The second-order valence-corrected chi connectivity index (χ2v) is 5.52. The molecular weight excluding hydrogens is 266 g/mol. The second kappa shape index (κ2) is 8.01. The lowest BCUT2D eigenvalue weighted by Gasteiger charge is -2.15. The summed E-state index contributed by atoms with van der Waals surface area (Å²) in [5.74, 6) is 2.73. The van der Waals surface area contributed by atoms with Crippen LogP contribution < -0.4 is 19.5 Å². The summed E-state index contributed by atoms with van der Waals surface area (Å²) >= 11 is 0. The first-order valence-electron chi connectivity index (χ1n) is 5.92. The molecule has 0 saturated heterocycles. The van der Waals surface area contributed by atoms with Gasteiger partial charge in [0.15, 0.2) is 0 Å². The van der Waals surface area contributed by atoms with Gasteiger partial charge in [-0.1, -0.05) is 0 Å². The Morgan fingerprint density at radius 3 is 2.11 bits per heavy atom. The summed E-state index contributed by atoms with van der Waals surface area (Å²) < 4.78 is 26.9. The molecule has 0 saturated carbocycles. The predicted molar refractivity (Wildman–Crippen MR) is 76.7 cm³/mol. The molecule has 6 heteroatoms. The molecule has 1 rings (SSSR count). The van der Waals surface area contributed by atoms with Crippen molar-refractivity contribution in [2.45, 2.75) is 6.54 Å². The zero-order valence-corrected chi connectivity index (χ0v) is 12.6. The SMILES string of the molecule is COc1cc(OC)c(CNCCS(C)=O)c(OC)c1. The zero-order chi connectivity index (χ0) is 14.3. The van der Waals surface area contributed by atoms with E-state index in [0.29, 0.717) is 36.1 Å². The highest BCUT2D eigenvalue weighted by atomic mass is 32.2. The Kier molecular flexibility index (Phi) is 6.66. The Morgan fingerprint density at radius 2 is 1.68 bits per heavy atom. The number of benzene rings is 1. The maximum absolute atomic E-state index is 11.0. The molecule has 108 valence electrons. The molecule has 0 amide bonds. The van der Waals surface area contributed by atoms with Crippen LogP contribution in [0.5, 0.6) is 17.2 Å². The summed E-state index contributed by atoms with van der Waals surface area (Å²) in [5.41, 5.74) is 0.924. The van der Waals surface area contributed by atoms with Gasteiger partial charge in [-0.05, 0) is 0 Å². The Balaban J connectivity index is 2.82. The van der Waals surface area contributed by atoms with E-state index in [2.05, 4.69) is 5.32 Å². The standard InChI is InChI=1S/C13H21NO4S/c1-16-10-7-12(17-2)11(13(8-10)18-3)9-14-5-6-19(4)15/h7-8,14H,5-6,9H2,1-4H3. The lowest BCUT2D eigenvalue weighted by Crippen LogP contribution is -2.20. The molecule has 5 nitrogen and oxygen atoms in total. The summed E-state index contributed by atoms with van der Waals surface area (Å²) in [7, 11) is 4.03. The molecular formula is C13H21NO4S. The van der Waals surface area contributed by atoms with Gasteiger partial charge in [0.2, 0.25) is 0 Å². The molecule has 1 N–H and O–H groups in total. The summed E-state index contributed by atoms with van der Waals surface area (Å²) in [6.07, 6.45) is 1.69. The Bertz CT molecular complexity index is 412. The van der Waals surface area contributed by atoms with Gasteiger partial charge in [-0.2, -0.15) is 0 Å². The molecule has 0 fully saturated rings. The minimum atomic E-state index is -0.788. The average Bonchev–Trinajstić information content (AvgIpc) is 2.42. The molecule has 1 atom stereocenters. The van der Waals surface area contributed by atoms with Crippen LogP contribution in [0.4, 0.5) is 0 Å². The predicted octanol–water partition coefficient (Wildman–Crippen LogP) is 1.18. The molecule has 1 unspecified atom stereocenters. The van der Waals surface area contributed by atoms with Gasteiger partial charge in [-0.15, -0.1) is 0 Å². The van der Waals surface area contributed by atoms with Crippen molar-refractivity contribution in [3.8, 4) is 17.2 Å². The molecule has 0 aliphatic carbocycles. The lowest BCUT2D eigenvalue weighted by atomic mass is 10.1. The monoisotopic (exact) mass is 287 g/mol. The van der Waals surface area contributed by atoms with Gasteiger partial charge >= 0.3 is 0 Å². The molecule has 0 heterocycles. The van der Waals surface area contributed by atoms with Gasteiger partial charge in [0, 0.05) is 48.0 Å². The summed E-state index contributed by atoms with van der Waals surface area (Å²) in [5, 5.41) is 3.23. The first-order valence-corrected chi connectivity index (χ1v) is 7.64. The molecule has 0 aromatic heterocycles. The highest BCUT2D eigenvalue weighted by Crippen LogP contribution is 2.33. The zero-order valence-electron chi connectivity index (χ0n) is 11.8. The topological polar surface area (TPSA) is 56.8 Å². The molecule has 1 aromatic rings. The molecule has 0 aliphatic heterocycles. The molecule has 1 aromatic carbocycles. The van der Waals surface area contributed by atoms with Crippen molar-refractivity contribution >= 4 is 10.8 Å². The molecule has 0 radical (unpaired) electrons. The highest BCUT2D eigenvalue weighted by Gasteiger charge is 2.12. The van der Waals surface area contributed by atoms with E-state index in [1.807, 2.05) is 12.1 Å². The Morgan fingerprint density at radius 1 is 1.11 bits per heavy atom. The Hall–Kier alpha value is -1.27. The summed E-state index contributed by atoms with van der Waals surface area (Å²) in [6.45, 7) is 1.27. The third-order valence-corrected chi connectivity index (χ3v) is 3.46. The maximum atomic E-state index is 11.0. The van der Waals surface area contributed by atoms with E-state index in [-0.39, 0.29) is 0 Å². The van der Waals surface area contributed by atoms with Crippen molar-refractivity contribution in [2.24, 2.45) is 0 Å².